The standard InChI is InChI=1S/C14H20O7/c1-6(15)18-10-8-9(14(3,4)5)13(20-11(10)17)21-12(8)19-7(2)16/h8-10,12-13H,1-5H3. The molecule has 21 heavy (non-hydrogen) atoms. The maximum atomic E-state index is 12.0. The van der Waals surface area contributed by atoms with E-state index in [4.69, 9.17) is 18.9 Å². The summed E-state index contributed by atoms with van der Waals surface area (Å²) in [6.45, 7) is 8.34. The summed E-state index contributed by atoms with van der Waals surface area (Å²) < 4.78 is 21.0. The van der Waals surface area contributed by atoms with Gasteiger partial charge in [0.25, 0.3) is 0 Å². The molecule has 2 aliphatic rings. The molecule has 0 amide bonds. The van der Waals surface area contributed by atoms with Gasteiger partial charge in [-0.2, -0.15) is 0 Å². The fourth-order valence-electron chi connectivity index (χ4n) is 2.99. The Morgan fingerprint density at radius 1 is 1.10 bits per heavy atom. The lowest BCUT2D eigenvalue weighted by atomic mass is 9.70. The van der Waals surface area contributed by atoms with Gasteiger partial charge in [0.15, 0.2) is 0 Å². The quantitative estimate of drug-likeness (QED) is 0.555. The first kappa shape index (κ1) is 15.8. The molecule has 0 aliphatic carbocycles. The summed E-state index contributed by atoms with van der Waals surface area (Å²) >= 11 is 0. The van der Waals surface area contributed by atoms with Crippen LogP contribution >= 0.6 is 0 Å². The molecule has 0 saturated carbocycles. The van der Waals surface area contributed by atoms with Crippen LogP contribution in [0.1, 0.15) is 34.6 Å². The average Bonchev–Trinajstić information content (AvgIpc) is 2.56. The highest BCUT2D eigenvalue weighted by Crippen LogP contribution is 2.49. The predicted octanol–water partition coefficient (Wildman–Crippen LogP) is 0.999. The molecule has 0 N–H and O–H groups in total. The number of esters is 3. The number of fused-ring (bicyclic) bond motifs is 2. The molecule has 5 unspecified atom stereocenters. The molecule has 0 spiro atoms. The molecule has 7 heteroatoms. The maximum Gasteiger partial charge on any atom is 0.350 e. The van der Waals surface area contributed by atoms with Gasteiger partial charge in [-0.15, -0.1) is 0 Å². The highest BCUT2D eigenvalue weighted by Gasteiger charge is 2.62. The Kier molecular flexibility index (Phi) is 3.97. The van der Waals surface area contributed by atoms with Crippen molar-refractivity contribution in [3.63, 3.8) is 0 Å². The summed E-state index contributed by atoms with van der Waals surface area (Å²) in [6, 6.07) is 0. The van der Waals surface area contributed by atoms with Gasteiger partial charge in [0.1, 0.15) is 0 Å². The van der Waals surface area contributed by atoms with Gasteiger partial charge in [-0.25, -0.2) is 4.79 Å². The molecule has 0 aromatic heterocycles. The molecular formula is C14H20O7. The third kappa shape index (κ3) is 3.02. The molecule has 2 fully saturated rings. The van der Waals surface area contributed by atoms with Crippen molar-refractivity contribution in [2.45, 2.75) is 53.3 Å². The van der Waals surface area contributed by atoms with E-state index in [1.54, 1.807) is 0 Å². The predicted molar refractivity (Wildman–Crippen MR) is 68.5 cm³/mol. The van der Waals surface area contributed by atoms with E-state index in [9.17, 15) is 14.4 Å². The highest BCUT2D eigenvalue weighted by molar-refractivity contribution is 5.80. The Morgan fingerprint density at radius 2 is 1.67 bits per heavy atom. The number of rotatable bonds is 2. The van der Waals surface area contributed by atoms with Gasteiger partial charge in [-0.1, -0.05) is 20.8 Å². The Morgan fingerprint density at radius 3 is 2.14 bits per heavy atom. The molecule has 0 radical (unpaired) electrons. The zero-order valence-corrected chi connectivity index (χ0v) is 12.7. The fourth-order valence-corrected chi connectivity index (χ4v) is 2.99. The van der Waals surface area contributed by atoms with Crippen LogP contribution in [0, 0.1) is 17.3 Å². The van der Waals surface area contributed by atoms with Crippen LogP contribution in [0.15, 0.2) is 0 Å². The van der Waals surface area contributed by atoms with E-state index in [0.717, 1.165) is 0 Å². The van der Waals surface area contributed by atoms with Crippen molar-refractivity contribution >= 4 is 17.9 Å². The third-order valence-electron chi connectivity index (χ3n) is 3.68. The SMILES string of the molecule is CC(=O)OC1OC2OC(=O)C(OC(C)=O)C1C2C(C)(C)C. The Labute approximate surface area is 122 Å². The molecule has 2 aliphatic heterocycles. The lowest BCUT2D eigenvalue weighted by Crippen LogP contribution is -2.51. The van der Waals surface area contributed by atoms with Crippen molar-refractivity contribution in [2.24, 2.45) is 17.3 Å². The van der Waals surface area contributed by atoms with Crippen molar-refractivity contribution < 1.29 is 33.3 Å². The first-order valence-electron chi connectivity index (χ1n) is 6.81. The molecule has 118 valence electrons. The van der Waals surface area contributed by atoms with Crippen LogP contribution in [0.2, 0.25) is 0 Å². The normalized spacial score (nSPS) is 35.1. The average molecular weight is 300 g/mol. The Bertz CT molecular complexity index is 464. The second-order valence-electron chi connectivity index (χ2n) is 6.42. The first-order chi connectivity index (χ1) is 9.61. The van der Waals surface area contributed by atoms with Gasteiger partial charge in [0, 0.05) is 19.8 Å². The summed E-state index contributed by atoms with van der Waals surface area (Å²) in [6.07, 6.45) is -2.90. The number of hydrogen-bond donors (Lipinski definition) is 0. The molecule has 2 bridgehead atoms. The smallest absolute Gasteiger partial charge is 0.350 e. The Balaban J connectivity index is 2.36. The molecule has 0 aromatic rings. The second-order valence-corrected chi connectivity index (χ2v) is 6.42. The molecule has 7 nitrogen and oxygen atoms in total. The summed E-state index contributed by atoms with van der Waals surface area (Å²) in [7, 11) is 0. The fraction of sp³-hybridized carbons (Fsp3) is 0.786. The summed E-state index contributed by atoms with van der Waals surface area (Å²) in [5.74, 6) is -2.63. The lowest BCUT2D eigenvalue weighted by molar-refractivity contribution is -0.216. The monoisotopic (exact) mass is 300 g/mol. The van der Waals surface area contributed by atoms with E-state index in [0.29, 0.717) is 0 Å². The summed E-state index contributed by atoms with van der Waals surface area (Å²) in [5, 5.41) is 0. The molecule has 2 rings (SSSR count). The van der Waals surface area contributed by atoms with Crippen LogP contribution in [0.3, 0.4) is 0 Å². The van der Waals surface area contributed by atoms with E-state index >= 15 is 0 Å². The zero-order chi connectivity index (χ0) is 15.9. The van der Waals surface area contributed by atoms with Crippen molar-refractivity contribution in [2.75, 3.05) is 0 Å². The lowest BCUT2D eigenvalue weighted by Gasteiger charge is -2.39. The maximum absolute atomic E-state index is 12.0. The molecule has 0 aromatic carbocycles. The largest absolute Gasteiger partial charge is 0.450 e. The molecular weight excluding hydrogens is 280 g/mol. The van der Waals surface area contributed by atoms with E-state index < -0.39 is 42.5 Å². The van der Waals surface area contributed by atoms with E-state index in [2.05, 4.69) is 0 Å². The number of hydrogen-bond acceptors (Lipinski definition) is 7. The van der Waals surface area contributed by atoms with E-state index in [-0.39, 0.29) is 11.3 Å². The van der Waals surface area contributed by atoms with Gasteiger partial charge < -0.3 is 18.9 Å². The summed E-state index contributed by atoms with van der Waals surface area (Å²) in [4.78, 5) is 34.4. The second kappa shape index (κ2) is 5.29. The van der Waals surface area contributed by atoms with Crippen LogP contribution in [-0.4, -0.2) is 36.6 Å². The number of ether oxygens (including phenoxy) is 4. The number of carbonyl (C=O) groups excluding carboxylic acids is 3. The minimum absolute atomic E-state index is 0.246. The Hall–Kier alpha value is -1.63. The van der Waals surface area contributed by atoms with Crippen LogP contribution < -0.4 is 0 Å². The van der Waals surface area contributed by atoms with E-state index in [1.807, 2.05) is 20.8 Å². The van der Waals surface area contributed by atoms with Crippen molar-refractivity contribution in [3.05, 3.63) is 0 Å². The van der Waals surface area contributed by atoms with Crippen LogP contribution in [0.4, 0.5) is 0 Å². The zero-order valence-electron chi connectivity index (χ0n) is 12.7. The van der Waals surface area contributed by atoms with Crippen LogP contribution in [0.25, 0.3) is 0 Å². The third-order valence-corrected chi connectivity index (χ3v) is 3.68. The van der Waals surface area contributed by atoms with Gasteiger partial charge in [0.2, 0.25) is 18.7 Å². The molecule has 2 saturated heterocycles. The van der Waals surface area contributed by atoms with Crippen molar-refractivity contribution in [1.82, 2.24) is 0 Å². The number of carbonyl (C=O) groups is 3. The van der Waals surface area contributed by atoms with Crippen molar-refractivity contribution in [3.8, 4) is 0 Å². The van der Waals surface area contributed by atoms with Crippen LogP contribution in [-0.2, 0) is 33.3 Å². The van der Waals surface area contributed by atoms with E-state index in [1.165, 1.54) is 13.8 Å². The first-order valence-corrected chi connectivity index (χ1v) is 6.81. The summed E-state index contributed by atoms with van der Waals surface area (Å²) in [5.41, 5.74) is -0.288. The van der Waals surface area contributed by atoms with Gasteiger partial charge >= 0.3 is 17.9 Å². The minimum Gasteiger partial charge on any atom is -0.450 e. The molecule has 2 heterocycles. The van der Waals surface area contributed by atoms with Crippen LogP contribution in [0.5, 0.6) is 0 Å². The highest BCUT2D eigenvalue weighted by atomic mass is 16.8. The van der Waals surface area contributed by atoms with Gasteiger partial charge in [-0.05, 0) is 5.41 Å². The minimum atomic E-state index is -1.13. The van der Waals surface area contributed by atoms with Gasteiger partial charge in [0.05, 0.1) is 5.92 Å². The van der Waals surface area contributed by atoms with Gasteiger partial charge in [-0.3, -0.25) is 9.59 Å². The topological polar surface area (TPSA) is 88.1 Å². The van der Waals surface area contributed by atoms with Crippen molar-refractivity contribution in [1.29, 1.82) is 0 Å². The molecule has 5 atom stereocenters.